The lowest BCUT2D eigenvalue weighted by Gasteiger charge is -2.09. The number of rotatable bonds is 6. The Bertz CT molecular complexity index is 692. The molecule has 0 amide bonds. The quantitative estimate of drug-likeness (QED) is 0.603. The summed E-state index contributed by atoms with van der Waals surface area (Å²) in [5, 5.41) is 1.06. The van der Waals surface area contributed by atoms with Crippen LogP contribution in [0.4, 0.5) is 0 Å². The zero-order valence-electron chi connectivity index (χ0n) is 14.1. The minimum absolute atomic E-state index is 0.720. The van der Waals surface area contributed by atoms with E-state index in [2.05, 4.69) is 52.1 Å². The molecule has 0 spiro atoms. The molecule has 0 aliphatic carbocycles. The van der Waals surface area contributed by atoms with Crippen LogP contribution < -0.4 is 0 Å². The summed E-state index contributed by atoms with van der Waals surface area (Å²) in [5.41, 5.74) is 5.92. The van der Waals surface area contributed by atoms with E-state index in [-0.39, 0.29) is 0 Å². The Hall–Kier alpha value is -1.67. The number of hydrogen-bond donors (Lipinski definition) is 0. The van der Waals surface area contributed by atoms with Crippen molar-refractivity contribution in [2.24, 2.45) is 5.92 Å². The molecule has 0 saturated heterocycles. The highest BCUT2D eigenvalue weighted by Gasteiger charge is 2.11. The normalized spacial score (nSPS) is 11.0. The van der Waals surface area contributed by atoms with Crippen molar-refractivity contribution < 1.29 is 0 Å². The van der Waals surface area contributed by atoms with Gasteiger partial charge in [-0.1, -0.05) is 45.2 Å². The lowest BCUT2D eigenvalue weighted by molar-refractivity contribution is 0.586. The average Bonchev–Trinajstić information content (AvgIpc) is 2.87. The summed E-state index contributed by atoms with van der Waals surface area (Å²) in [6.45, 7) is 16.6. The van der Waals surface area contributed by atoms with Crippen molar-refractivity contribution in [1.82, 2.24) is 4.98 Å². The van der Waals surface area contributed by atoms with Crippen molar-refractivity contribution in [3.05, 3.63) is 53.1 Å². The first-order valence-corrected chi connectivity index (χ1v) is 8.63. The van der Waals surface area contributed by atoms with E-state index in [4.69, 9.17) is 4.98 Å². The summed E-state index contributed by atoms with van der Waals surface area (Å²) in [6, 6.07) is 6.62. The summed E-state index contributed by atoms with van der Waals surface area (Å²) in [6.07, 6.45) is 4.27. The largest absolute Gasteiger partial charge is 0.241 e. The molecular weight excluding hydrogens is 286 g/mol. The van der Waals surface area contributed by atoms with Gasteiger partial charge in [0.05, 0.1) is 10.6 Å². The van der Waals surface area contributed by atoms with Crippen molar-refractivity contribution in [1.29, 1.82) is 0 Å². The third-order valence-electron chi connectivity index (χ3n) is 3.79. The van der Waals surface area contributed by atoms with Gasteiger partial charge in [-0.05, 0) is 55.4 Å². The predicted molar refractivity (Wildman–Crippen MR) is 100 cm³/mol. The molecule has 0 fully saturated rings. The van der Waals surface area contributed by atoms with Crippen LogP contribution in [-0.4, -0.2) is 4.98 Å². The molecule has 2 rings (SSSR count). The molecule has 0 aliphatic rings. The zero-order chi connectivity index (χ0) is 16.3. The highest BCUT2D eigenvalue weighted by Crippen LogP contribution is 2.33. The van der Waals surface area contributed by atoms with Gasteiger partial charge in [0, 0.05) is 5.56 Å². The highest BCUT2D eigenvalue weighted by atomic mass is 32.1. The monoisotopic (exact) mass is 311 g/mol. The molecule has 1 nitrogen and oxygen atoms in total. The standard InChI is InChI=1S/C20H25NS/c1-7-16-12-18(11-10-17(16)9-8-13(2)3)20-21-15(6)19(22-20)14(4)5/h7,10-13H,1,4,8-9H2,2-3,5-6H3. The SMILES string of the molecule is C=Cc1cc(-c2nc(C)c(C(=C)C)s2)ccc1CCC(C)C. The van der Waals surface area contributed by atoms with Crippen LogP contribution in [0.5, 0.6) is 0 Å². The van der Waals surface area contributed by atoms with Gasteiger partial charge in [0.25, 0.3) is 0 Å². The maximum absolute atomic E-state index is 4.70. The van der Waals surface area contributed by atoms with Crippen molar-refractivity contribution in [2.75, 3.05) is 0 Å². The third kappa shape index (κ3) is 3.75. The van der Waals surface area contributed by atoms with Crippen molar-refractivity contribution in [2.45, 2.75) is 40.5 Å². The van der Waals surface area contributed by atoms with Crippen LogP contribution in [0, 0.1) is 12.8 Å². The fraction of sp³-hybridized carbons (Fsp3) is 0.350. The lowest BCUT2D eigenvalue weighted by Crippen LogP contribution is -1.95. The van der Waals surface area contributed by atoms with Gasteiger partial charge in [-0.25, -0.2) is 4.98 Å². The molecular formula is C20H25NS. The van der Waals surface area contributed by atoms with Gasteiger partial charge < -0.3 is 0 Å². The molecule has 2 aromatic rings. The first-order chi connectivity index (χ1) is 10.4. The molecule has 0 saturated carbocycles. The molecule has 2 heteroatoms. The van der Waals surface area contributed by atoms with E-state index in [1.54, 1.807) is 11.3 Å². The number of nitrogens with zero attached hydrogens (tertiary/aromatic N) is 1. The Labute approximate surface area is 138 Å². The lowest BCUT2D eigenvalue weighted by atomic mass is 9.97. The molecule has 0 N–H and O–H groups in total. The van der Waals surface area contributed by atoms with Crippen LogP contribution >= 0.6 is 11.3 Å². The minimum Gasteiger partial charge on any atom is -0.241 e. The van der Waals surface area contributed by atoms with E-state index in [9.17, 15) is 0 Å². The fourth-order valence-electron chi connectivity index (χ4n) is 2.51. The van der Waals surface area contributed by atoms with E-state index in [1.165, 1.54) is 28.0 Å². The van der Waals surface area contributed by atoms with Gasteiger partial charge in [0.1, 0.15) is 5.01 Å². The number of aromatic nitrogens is 1. The van der Waals surface area contributed by atoms with Crippen molar-refractivity contribution >= 4 is 23.0 Å². The Morgan fingerprint density at radius 3 is 2.64 bits per heavy atom. The zero-order valence-corrected chi connectivity index (χ0v) is 14.9. The number of benzene rings is 1. The minimum atomic E-state index is 0.720. The second-order valence-electron chi connectivity index (χ2n) is 6.26. The fourth-order valence-corrected chi connectivity index (χ4v) is 3.49. The van der Waals surface area contributed by atoms with Gasteiger partial charge in [0.15, 0.2) is 0 Å². The number of aryl methyl sites for hydroxylation is 2. The Kier molecular flexibility index (Phi) is 5.36. The van der Waals surface area contributed by atoms with Crippen LogP contribution in [0.25, 0.3) is 22.2 Å². The Balaban J connectivity index is 2.35. The van der Waals surface area contributed by atoms with Gasteiger partial charge in [-0.15, -0.1) is 11.3 Å². The molecule has 116 valence electrons. The number of thiazole rings is 1. The topological polar surface area (TPSA) is 12.9 Å². The molecule has 22 heavy (non-hydrogen) atoms. The average molecular weight is 311 g/mol. The van der Waals surface area contributed by atoms with E-state index < -0.39 is 0 Å². The van der Waals surface area contributed by atoms with Gasteiger partial charge >= 0.3 is 0 Å². The summed E-state index contributed by atoms with van der Waals surface area (Å²) >= 11 is 1.72. The van der Waals surface area contributed by atoms with Gasteiger partial charge in [-0.2, -0.15) is 0 Å². The summed E-state index contributed by atoms with van der Waals surface area (Å²) in [4.78, 5) is 5.90. The van der Waals surface area contributed by atoms with Crippen LogP contribution in [0.3, 0.4) is 0 Å². The molecule has 1 aromatic heterocycles. The maximum atomic E-state index is 4.70. The molecule has 0 radical (unpaired) electrons. The summed E-state index contributed by atoms with van der Waals surface area (Å²) in [5.74, 6) is 0.720. The van der Waals surface area contributed by atoms with Crippen LogP contribution in [0.1, 0.15) is 48.9 Å². The Morgan fingerprint density at radius 2 is 2.09 bits per heavy atom. The van der Waals surface area contributed by atoms with E-state index in [1.807, 2.05) is 13.0 Å². The predicted octanol–water partition coefficient (Wildman–Crippen LogP) is 6.38. The third-order valence-corrected chi connectivity index (χ3v) is 5.16. The maximum Gasteiger partial charge on any atom is 0.124 e. The van der Waals surface area contributed by atoms with Crippen LogP contribution in [0.2, 0.25) is 0 Å². The summed E-state index contributed by atoms with van der Waals surface area (Å²) < 4.78 is 0. The smallest absolute Gasteiger partial charge is 0.124 e. The number of hydrogen-bond acceptors (Lipinski definition) is 2. The molecule has 0 unspecified atom stereocenters. The first-order valence-electron chi connectivity index (χ1n) is 7.81. The van der Waals surface area contributed by atoms with E-state index in [0.717, 1.165) is 28.6 Å². The summed E-state index contributed by atoms with van der Waals surface area (Å²) in [7, 11) is 0. The first kappa shape index (κ1) is 16.7. The van der Waals surface area contributed by atoms with Gasteiger partial charge in [-0.3, -0.25) is 0 Å². The molecule has 0 aliphatic heterocycles. The molecule has 0 bridgehead atoms. The second-order valence-corrected chi connectivity index (χ2v) is 7.26. The van der Waals surface area contributed by atoms with E-state index >= 15 is 0 Å². The molecule has 0 atom stereocenters. The van der Waals surface area contributed by atoms with Crippen molar-refractivity contribution in [3.63, 3.8) is 0 Å². The molecule has 1 aromatic carbocycles. The van der Waals surface area contributed by atoms with Crippen LogP contribution in [0.15, 0.2) is 31.4 Å². The van der Waals surface area contributed by atoms with Crippen LogP contribution in [-0.2, 0) is 6.42 Å². The second kappa shape index (κ2) is 7.06. The van der Waals surface area contributed by atoms with E-state index in [0.29, 0.717) is 0 Å². The Morgan fingerprint density at radius 1 is 1.36 bits per heavy atom. The van der Waals surface area contributed by atoms with Gasteiger partial charge in [0.2, 0.25) is 0 Å². The number of allylic oxidation sites excluding steroid dienone is 1. The molecule has 1 heterocycles. The van der Waals surface area contributed by atoms with Crippen molar-refractivity contribution in [3.8, 4) is 10.6 Å². The highest BCUT2D eigenvalue weighted by molar-refractivity contribution is 7.16.